The molecule has 0 aromatic carbocycles. The van der Waals surface area contributed by atoms with Gasteiger partial charge in [-0.05, 0) is 13.3 Å². The molecule has 0 bridgehead atoms. The van der Waals surface area contributed by atoms with Crippen LogP contribution in [0.15, 0.2) is 0 Å². The van der Waals surface area contributed by atoms with E-state index >= 15 is 0 Å². The quantitative estimate of drug-likeness (QED) is 0.663. The Balaban J connectivity index is 4.06. The molecule has 0 aliphatic heterocycles. The van der Waals surface area contributed by atoms with Crippen molar-refractivity contribution >= 4 is 17.8 Å². The number of hydrogen-bond acceptors (Lipinski definition) is 3. The molecule has 6 nitrogen and oxygen atoms in total. The minimum atomic E-state index is -1.07. The van der Waals surface area contributed by atoms with Crippen LogP contribution in [-0.4, -0.2) is 47.4 Å². The second kappa shape index (κ2) is 6.81. The third-order valence-corrected chi connectivity index (χ3v) is 2.25. The van der Waals surface area contributed by atoms with Gasteiger partial charge in [-0.15, -0.1) is 0 Å². The summed E-state index contributed by atoms with van der Waals surface area (Å²) < 4.78 is 0. The number of aliphatic carboxylic acids is 1. The van der Waals surface area contributed by atoms with Gasteiger partial charge in [0.1, 0.15) is 6.04 Å². The molecule has 0 aromatic heterocycles. The molecule has 2 N–H and O–H groups in total. The van der Waals surface area contributed by atoms with Gasteiger partial charge in [-0.25, -0.2) is 4.79 Å². The van der Waals surface area contributed by atoms with Crippen LogP contribution in [0.2, 0.25) is 0 Å². The Hall–Kier alpha value is -1.59. The summed E-state index contributed by atoms with van der Waals surface area (Å²) in [6, 6.07) is -0.893. The van der Waals surface area contributed by atoms with Crippen molar-refractivity contribution in [1.82, 2.24) is 10.2 Å². The molecule has 0 spiro atoms. The lowest BCUT2D eigenvalue weighted by Crippen LogP contribution is -2.45. The van der Waals surface area contributed by atoms with Crippen LogP contribution in [0, 0.1) is 0 Å². The molecule has 0 radical (unpaired) electrons. The molecule has 0 aliphatic rings. The fourth-order valence-electron chi connectivity index (χ4n) is 0.996. The fraction of sp³-hybridized carbons (Fsp3) is 0.700. The minimum absolute atomic E-state index is 0.160. The van der Waals surface area contributed by atoms with E-state index in [4.69, 9.17) is 5.11 Å². The first-order valence-electron chi connectivity index (χ1n) is 5.15. The normalized spacial score (nSPS) is 11.7. The zero-order valence-corrected chi connectivity index (χ0v) is 9.82. The van der Waals surface area contributed by atoms with E-state index in [1.54, 1.807) is 0 Å². The Morgan fingerprint density at radius 1 is 1.38 bits per heavy atom. The van der Waals surface area contributed by atoms with Crippen molar-refractivity contribution in [2.75, 3.05) is 13.6 Å². The largest absolute Gasteiger partial charge is 0.480 e. The summed E-state index contributed by atoms with van der Waals surface area (Å²) in [4.78, 5) is 34.2. The van der Waals surface area contributed by atoms with Gasteiger partial charge in [0.05, 0.1) is 6.54 Å². The van der Waals surface area contributed by atoms with Crippen LogP contribution < -0.4 is 5.32 Å². The molecule has 0 rings (SSSR count). The number of rotatable bonds is 6. The Bertz CT molecular complexity index is 278. The molecule has 1 atom stereocenters. The van der Waals surface area contributed by atoms with Crippen LogP contribution in [0.5, 0.6) is 0 Å². The molecule has 0 aromatic rings. The molecular formula is C10H18N2O4. The predicted molar refractivity (Wildman–Crippen MR) is 57.8 cm³/mol. The molecule has 0 saturated heterocycles. The fourth-order valence-corrected chi connectivity index (χ4v) is 0.996. The summed E-state index contributed by atoms with van der Waals surface area (Å²) in [5, 5.41) is 11.1. The average molecular weight is 230 g/mol. The monoisotopic (exact) mass is 230 g/mol. The third kappa shape index (κ3) is 4.77. The highest BCUT2D eigenvalue weighted by atomic mass is 16.4. The van der Waals surface area contributed by atoms with Crippen molar-refractivity contribution in [3.63, 3.8) is 0 Å². The first-order valence-corrected chi connectivity index (χ1v) is 5.15. The van der Waals surface area contributed by atoms with E-state index in [1.165, 1.54) is 14.0 Å². The van der Waals surface area contributed by atoms with Gasteiger partial charge in [0.2, 0.25) is 11.8 Å². The number of nitrogens with zero attached hydrogens (tertiary/aromatic N) is 1. The van der Waals surface area contributed by atoms with Crippen LogP contribution in [0.3, 0.4) is 0 Å². The standard InChI is InChI=1S/C10H18N2O4/c1-4-5-8(13)11-6-9(14)12(3)7(2)10(15)16/h7H,4-6H2,1-3H3,(H,11,13)(H,15,16). The Morgan fingerprint density at radius 3 is 2.38 bits per heavy atom. The molecule has 0 heterocycles. The molecule has 92 valence electrons. The molecule has 0 fully saturated rings. The SMILES string of the molecule is CCCC(=O)NCC(=O)N(C)C(C)C(=O)O. The van der Waals surface area contributed by atoms with Gasteiger partial charge in [0.25, 0.3) is 0 Å². The number of carbonyl (C=O) groups excluding carboxylic acids is 2. The second-order valence-corrected chi connectivity index (χ2v) is 3.55. The van der Waals surface area contributed by atoms with Gasteiger partial charge in [-0.3, -0.25) is 9.59 Å². The minimum Gasteiger partial charge on any atom is -0.480 e. The summed E-state index contributed by atoms with van der Waals surface area (Å²) in [6.07, 6.45) is 1.08. The summed E-state index contributed by atoms with van der Waals surface area (Å²) in [7, 11) is 1.40. The first-order chi connectivity index (χ1) is 7.40. The van der Waals surface area contributed by atoms with Crippen molar-refractivity contribution in [1.29, 1.82) is 0 Å². The van der Waals surface area contributed by atoms with Gasteiger partial charge in [-0.2, -0.15) is 0 Å². The van der Waals surface area contributed by atoms with Crippen molar-refractivity contribution in [2.24, 2.45) is 0 Å². The summed E-state index contributed by atoms with van der Waals surface area (Å²) in [5.41, 5.74) is 0. The number of nitrogens with one attached hydrogen (secondary N) is 1. The number of amides is 2. The predicted octanol–water partition coefficient (Wildman–Crippen LogP) is -0.166. The number of carbonyl (C=O) groups is 3. The maximum Gasteiger partial charge on any atom is 0.326 e. The van der Waals surface area contributed by atoms with Crippen LogP contribution in [-0.2, 0) is 14.4 Å². The van der Waals surface area contributed by atoms with E-state index in [9.17, 15) is 14.4 Å². The number of carboxylic acids is 1. The molecule has 0 aliphatic carbocycles. The lowest BCUT2D eigenvalue weighted by Gasteiger charge is -2.21. The van der Waals surface area contributed by atoms with Gasteiger partial charge >= 0.3 is 5.97 Å². The van der Waals surface area contributed by atoms with Gasteiger partial charge in [0, 0.05) is 13.5 Å². The van der Waals surface area contributed by atoms with Crippen LogP contribution >= 0.6 is 0 Å². The highest BCUT2D eigenvalue weighted by Gasteiger charge is 2.21. The van der Waals surface area contributed by atoms with Crippen LogP contribution in [0.25, 0.3) is 0 Å². The summed E-state index contributed by atoms with van der Waals surface area (Å²) in [5.74, 6) is -1.69. The Labute approximate surface area is 94.6 Å². The van der Waals surface area contributed by atoms with E-state index < -0.39 is 17.9 Å². The highest BCUT2D eigenvalue weighted by Crippen LogP contribution is 1.96. The zero-order valence-electron chi connectivity index (χ0n) is 9.82. The van der Waals surface area contributed by atoms with E-state index in [1.807, 2.05) is 6.92 Å². The lowest BCUT2D eigenvalue weighted by molar-refractivity contribution is -0.148. The molecular weight excluding hydrogens is 212 g/mol. The average Bonchev–Trinajstić information content (AvgIpc) is 2.24. The number of likely N-dealkylation sites (N-methyl/N-ethyl adjacent to an activating group) is 1. The lowest BCUT2D eigenvalue weighted by atomic mass is 10.3. The molecule has 2 amide bonds. The van der Waals surface area contributed by atoms with Gasteiger partial charge in [-0.1, -0.05) is 6.92 Å². The molecule has 16 heavy (non-hydrogen) atoms. The number of hydrogen-bond donors (Lipinski definition) is 2. The maximum atomic E-state index is 11.4. The number of carboxylic acid groups (broad SMARTS) is 1. The summed E-state index contributed by atoms with van der Waals surface area (Å²) >= 11 is 0. The maximum absolute atomic E-state index is 11.4. The first kappa shape index (κ1) is 14.4. The molecule has 0 saturated carbocycles. The van der Waals surface area contributed by atoms with Crippen molar-refractivity contribution in [3.05, 3.63) is 0 Å². The Kier molecular flexibility index (Phi) is 6.14. The molecule has 6 heteroatoms. The van der Waals surface area contributed by atoms with E-state index in [0.29, 0.717) is 12.8 Å². The van der Waals surface area contributed by atoms with E-state index in [0.717, 1.165) is 4.90 Å². The van der Waals surface area contributed by atoms with Crippen molar-refractivity contribution in [3.8, 4) is 0 Å². The van der Waals surface area contributed by atoms with Gasteiger partial charge < -0.3 is 15.3 Å². The second-order valence-electron chi connectivity index (χ2n) is 3.55. The van der Waals surface area contributed by atoms with Crippen LogP contribution in [0.1, 0.15) is 26.7 Å². The smallest absolute Gasteiger partial charge is 0.326 e. The van der Waals surface area contributed by atoms with Crippen molar-refractivity contribution < 1.29 is 19.5 Å². The highest BCUT2D eigenvalue weighted by molar-refractivity contribution is 5.87. The van der Waals surface area contributed by atoms with E-state index in [-0.39, 0.29) is 12.5 Å². The van der Waals surface area contributed by atoms with E-state index in [2.05, 4.69) is 5.32 Å². The topological polar surface area (TPSA) is 86.7 Å². The molecule has 1 unspecified atom stereocenters. The van der Waals surface area contributed by atoms with Crippen molar-refractivity contribution in [2.45, 2.75) is 32.7 Å². The van der Waals surface area contributed by atoms with Gasteiger partial charge in [0.15, 0.2) is 0 Å². The summed E-state index contributed by atoms with van der Waals surface area (Å²) in [6.45, 7) is 3.11. The Morgan fingerprint density at radius 2 is 1.94 bits per heavy atom. The zero-order chi connectivity index (χ0) is 12.7. The third-order valence-electron chi connectivity index (χ3n) is 2.25. The van der Waals surface area contributed by atoms with Crippen LogP contribution in [0.4, 0.5) is 0 Å².